The fraction of sp³-hybridized carbons (Fsp3) is 0.231. The van der Waals surface area contributed by atoms with Crippen LogP contribution >= 0.6 is 15.9 Å². The molecule has 8 heteroatoms. The van der Waals surface area contributed by atoms with E-state index >= 15 is 0 Å². The Kier molecular flexibility index (Phi) is 5.16. The highest BCUT2D eigenvalue weighted by molar-refractivity contribution is 9.10. The summed E-state index contributed by atoms with van der Waals surface area (Å²) in [6.45, 7) is 4.69. The first kappa shape index (κ1) is 22.4. The fourth-order valence-corrected chi connectivity index (χ4v) is 5.52. The van der Waals surface area contributed by atoms with Crippen LogP contribution in [0.1, 0.15) is 30.5 Å². The second-order valence-corrected chi connectivity index (χ2v) is 9.69. The normalized spacial score (nSPS) is 19.5. The first-order valence-corrected chi connectivity index (χ1v) is 11.5. The number of nitro benzene ring substituents is 1. The van der Waals surface area contributed by atoms with E-state index in [0.29, 0.717) is 22.3 Å². The topological polar surface area (TPSA) is 64.8 Å². The van der Waals surface area contributed by atoms with Crippen molar-refractivity contribution in [3.05, 3.63) is 97.8 Å². The van der Waals surface area contributed by atoms with Crippen LogP contribution in [0.25, 0.3) is 6.08 Å². The van der Waals surface area contributed by atoms with Gasteiger partial charge in [0.2, 0.25) is 5.72 Å². The smallest absolute Gasteiger partial charge is 0.288 e. The first-order valence-electron chi connectivity index (χ1n) is 10.7. The zero-order valence-electron chi connectivity index (χ0n) is 18.8. The van der Waals surface area contributed by atoms with E-state index in [4.69, 9.17) is 9.47 Å². The Labute approximate surface area is 204 Å². The summed E-state index contributed by atoms with van der Waals surface area (Å²) in [5.41, 5.74) is 2.02. The molecule has 0 radical (unpaired) electrons. The maximum atomic E-state index is 13.6. The molecule has 3 aromatic rings. The summed E-state index contributed by atoms with van der Waals surface area (Å²) in [7, 11) is 1.46. The number of nitro groups is 1. The highest BCUT2D eigenvalue weighted by Gasteiger charge is 2.59. The Morgan fingerprint density at radius 3 is 2.56 bits per heavy atom. The number of nitrogens with zero attached hydrogens (tertiary/aromatic N) is 2. The van der Waals surface area contributed by atoms with Crippen LogP contribution in [0.3, 0.4) is 0 Å². The molecule has 0 saturated carbocycles. The second kappa shape index (κ2) is 7.84. The first-order chi connectivity index (χ1) is 16.2. The zero-order chi connectivity index (χ0) is 24.3. The van der Waals surface area contributed by atoms with E-state index < -0.39 is 16.1 Å². The minimum Gasteiger partial charge on any atom is -0.493 e. The molecule has 2 aliphatic rings. The SMILES string of the molecule is COc1cc([N+](=O)[O-])c(Br)c2c1OC1(C=C2)N(Cc2ccc(F)cc2)c2ccccc2C1(C)C. The van der Waals surface area contributed by atoms with Crippen molar-refractivity contribution in [3.8, 4) is 11.5 Å². The molecule has 174 valence electrons. The molecule has 0 N–H and O–H groups in total. The van der Waals surface area contributed by atoms with Crippen molar-refractivity contribution in [3.63, 3.8) is 0 Å². The number of benzene rings is 3. The van der Waals surface area contributed by atoms with Gasteiger partial charge >= 0.3 is 0 Å². The maximum Gasteiger partial charge on any atom is 0.288 e. The molecule has 3 aromatic carbocycles. The number of hydrogen-bond acceptors (Lipinski definition) is 5. The number of para-hydroxylation sites is 1. The highest BCUT2D eigenvalue weighted by Crippen LogP contribution is 2.57. The molecular formula is C26H22BrFN2O4. The van der Waals surface area contributed by atoms with Gasteiger partial charge in [-0.2, -0.15) is 0 Å². The van der Waals surface area contributed by atoms with E-state index in [1.54, 1.807) is 12.1 Å². The molecule has 0 fully saturated rings. The molecule has 1 spiro atoms. The fourth-order valence-electron chi connectivity index (χ4n) is 4.95. The van der Waals surface area contributed by atoms with E-state index in [9.17, 15) is 14.5 Å². The third-order valence-electron chi connectivity index (χ3n) is 6.77. The summed E-state index contributed by atoms with van der Waals surface area (Å²) in [6.07, 6.45) is 3.80. The maximum absolute atomic E-state index is 13.6. The van der Waals surface area contributed by atoms with Crippen LogP contribution in [0.5, 0.6) is 11.5 Å². The van der Waals surface area contributed by atoms with Gasteiger partial charge in [0.05, 0.1) is 23.5 Å². The lowest BCUT2D eigenvalue weighted by Crippen LogP contribution is -2.59. The Hall–Kier alpha value is -3.39. The second-order valence-electron chi connectivity index (χ2n) is 8.90. The summed E-state index contributed by atoms with van der Waals surface area (Å²) in [5.74, 6) is 0.411. The molecule has 5 rings (SSSR count). The van der Waals surface area contributed by atoms with Crippen molar-refractivity contribution in [2.75, 3.05) is 12.0 Å². The molecule has 6 nitrogen and oxygen atoms in total. The summed E-state index contributed by atoms with van der Waals surface area (Å²) < 4.78 is 26.2. The monoisotopic (exact) mass is 524 g/mol. The van der Waals surface area contributed by atoms with E-state index in [2.05, 4.69) is 40.7 Å². The molecule has 0 bridgehead atoms. The molecule has 2 aliphatic heterocycles. The molecule has 0 amide bonds. The predicted molar refractivity (Wildman–Crippen MR) is 132 cm³/mol. The summed E-state index contributed by atoms with van der Waals surface area (Å²) in [5, 5.41) is 11.6. The number of rotatable bonds is 4. The van der Waals surface area contributed by atoms with Gasteiger partial charge in [-0.15, -0.1) is 0 Å². The van der Waals surface area contributed by atoms with E-state index in [-0.39, 0.29) is 17.3 Å². The molecule has 2 heterocycles. The van der Waals surface area contributed by atoms with Crippen LogP contribution in [0.4, 0.5) is 15.8 Å². The third kappa shape index (κ3) is 3.12. The summed E-state index contributed by atoms with van der Waals surface area (Å²) >= 11 is 3.38. The lowest BCUT2D eigenvalue weighted by atomic mass is 9.76. The molecular weight excluding hydrogens is 503 g/mol. The Balaban J connectivity index is 1.70. The Morgan fingerprint density at radius 1 is 1.18 bits per heavy atom. The molecule has 0 aromatic heterocycles. The van der Waals surface area contributed by atoms with Gasteiger partial charge in [0.25, 0.3) is 5.69 Å². The van der Waals surface area contributed by atoms with Crippen molar-refractivity contribution in [2.45, 2.75) is 31.5 Å². The molecule has 34 heavy (non-hydrogen) atoms. The molecule has 1 atom stereocenters. The molecule has 0 aliphatic carbocycles. The van der Waals surface area contributed by atoms with Gasteiger partial charge in [-0.25, -0.2) is 4.39 Å². The standard InChI is InChI=1S/C26H22BrFN2O4/c1-25(2)19-6-4-5-7-20(19)29(15-16-8-10-17(28)11-9-16)26(25)13-12-18-23(27)21(30(31)32)14-22(33-3)24(18)34-26/h4-14H,15H2,1-3H3. The number of halogens is 2. The van der Waals surface area contributed by atoms with Gasteiger partial charge < -0.3 is 14.4 Å². The van der Waals surface area contributed by atoms with Gasteiger partial charge in [-0.3, -0.25) is 10.1 Å². The van der Waals surface area contributed by atoms with Gasteiger partial charge in [-0.1, -0.05) is 30.3 Å². The van der Waals surface area contributed by atoms with Crippen molar-refractivity contribution >= 4 is 33.4 Å². The summed E-state index contributed by atoms with van der Waals surface area (Å²) in [6, 6.07) is 15.9. The number of methoxy groups -OCH3 is 1. The highest BCUT2D eigenvalue weighted by atomic mass is 79.9. The number of ether oxygens (including phenoxy) is 2. The Morgan fingerprint density at radius 2 is 1.88 bits per heavy atom. The van der Waals surface area contributed by atoms with Gasteiger partial charge in [0, 0.05) is 17.8 Å². The van der Waals surface area contributed by atoms with Crippen molar-refractivity contribution in [1.82, 2.24) is 0 Å². The van der Waals surface area contributed by atoms with Crippen molar-refractivity contribution < 1.29 is 18.8 Å². The van der Waals surface area contributed by atoms with Crippen LogP contribution < -0.4 is 14.4 Å². The number of anilines is 1. The van der Waals surface area contributed by atoms with Gasteiger partial charge in [0.1, 0.15) is 10.3 Å². The van der Waals surface area contributed by atoms with Crippen molar-refractivity contribution in [2.24, 2.45) is 0 Å². The average molecular weight is 525 g/mol. The average Bonchev–Trinajstić information content (AvgIpc) is 2.99. The van der Waals surface area contributed by atoms with E-state index in [1.807, 2.05) is 30.4 Å². The van der Waals surface area contributed by atoms with E-state index in [0.717, 1.165) is 16.8 Å². The van der Waals surface area contributed by atoms with Crippen LogP contribution in [-0.2, 0) is 12.0 Å². The minimum atomic E-state index is -0.957. The van der Waals surface area contributed by atoms with Crippen LogP contribution in [0, 0.1) is 15.9 Å². The van der Waals surface area contributed by atoms with Crippen molar-refractivity contribution in [1.29, 1.82) is 0 Å². The zero-order valence-corrected chi connectivity index (χ0v) is 20.4. The van der Waals surface area contributed by atoms with Gasteiger partial charge in [-0.05, 0) is 71.3 Å². The minimum absolute atomic E-state index is 0.100. The lowest BCUT2D eigenvalue weighted by Gasteiger charge is -2.47. The van der Waals surface area contributed by atoms with Crippen LogP contribution in [-0.4, -0.2) is 17.8 Å². The van der Waals surface area contributed by atoms with E-state index in [1.165, 1.54) is 25.3 Å². The lowest BCUT2D eigenvalue weighted by molar-refractivity contribution is -0.385. The molecule has 0 saturated heterocycles. The van der Waals surface area contributed by atoms with Gasteiger partial charge in [0.15, 0.2) is 11.5 Å². The summed E-state index contributed by atoms with van der Waals surface area (Å²) in [4.78, 5) is 13.3. The van der Waals surface area contributed by atoms with Crippen LogP contribution in [0.15, 0.2) is 65.1 Å². The largest absolute Gasteiger partial charge is 0.493 e. The Bertz CT molecular complexity index is 1340. The quantitative estimate of drug-likeness (QED) is 0.284. The molecule has 1 unspecified atom stereocenters. The number of hydrogen-bond donors (Lipinski definition) is 0. The van der Waals surface area contributed by atoms with Crippen LogP contribution in [0.2, 0.25) is 0 Å². The predicted octanol–water partition coefficient (Wildman–Crippen LogP) is 6.60. The number of fused-ring (bicyclic) bond motifs is 2. The third-order valence-corrected chi connectivity index (χ3v) is 7.60.